The van der Waals surface area contributed by atoms with E-state index in [4.69, 9.17) is 19.2 Å². The van der Waals surface area contributed by atoms with Gasteiger partial charge in [0.15, 0.2) is 5.13 Å². The van der Waals surface area contributed by atoms with Crippen molar-refractivity contribution in [2.75, 3.05) is 26.2 Å². The molecule has 35 heavy (non-hydrogen) atoms. The van der Waals surface area contributed by atoms with Crippen LogP contribution in [0.2, 0.25) is 0 Å². The van der Waals surface area contributed by atoms with Gasteiger partial charge in [-0.15, -0.1) is 11.3 Å². The fourth-order valence-corrected chi connectivity index (χ4v) is 4.86. The highest BCUT2D eigenvalue weighted by molar-refractivity contribution is 7.13. The van der Waals surface area contributed by atoms with Gasteiger partial charge in [-0.1, -0.05) is 36.4 Å². The van der Waals surface area contributed by atoms with Crippen molar-refractivity contribution in [3.63, 3.8) is 0 Å². The van der Waals surface area contributed by atoms with E-state index < -0.39 is 0 Å². The fourth-order valence-electron chi connectivity index (χ4n) is 4.00. The van der Waals surface area contributed by atoms with Crippen LogP contribution >= 0.6 is 11.3 Å². The lowest BCUT2D eigenvalue weighted by molar-refractivity contribution is 0.414. The quantitative estimate of drug-likeness (QED) is 0.226. The first kappa shape index (κ1) is 24.6. The third-order valence-electron chi connectivity index (χ3n) is 5.88. The molecule has 0 spiro atoms. The maximum absolute atomic E-state index is 5.43. The monoisotopic (exact) mass is 488 g/mol. The van der Waals surface area contributed by atoms with Gasteiger partial charge in [0.2, 0.25) is 0 Å². The number of benzene rings is 3. The number of nitrogens with zero attached hydrogens (tertiary/aromatic N) is 2. The summed E-state index contributed by atoms with van der Waals surface area (Å²) in [6, 6.07) is 24.7. The Morgan fingerprint density at radius 1 is 0.686 bits per heavy atom. The number of hydrogen-bond donors (Lipinski definition) is 0. The summed E-state index contributed by atoms with van der Waals surface area (Å²) in [5, 5.41) is 3.21. The number of hydrogen-bond acceptors (Lipinski definition) is 6. The van der Waals surface area contributed by atoms with Crippen LogP contribution in [-0.2, 0) is 25.9 Å². The van der Waals surface area contributed by atoms with Crippen LogP contribution in [0, 0.1) is 0 Å². The average molecular weight is 489 g/mol. The maximum Gasteiger partial charge on any atom is 0.186 e. The van der Waals surface area contributed by atoms with Gasteiger partial charge in [-0.25, -0.2) is 4.98 Å². The van der Waals surface area contributed by atoms with Crippen molar-refractivity contribution in [2.24, 2.45) is 0 Å². The standard InChI is InChI=1S/C29H32N2O3S/c1-32-26-15-13-22(14-16-26)7-4-10-25-21-35-29(30-25)31(19-23-8-5-11-27(17-23)33-2)20-24-9-6-12-28(18-24)34-3/h5-6,8-9,11-18,21H,4,7,10,19-20H2,1-3H3. The number of ether oxygens (including phenoxy) is 3. The van der Waals surface area contributed by atoms with E-state index in [2.05, 4.69) is 46.7 Å². The summed E-state index contributed by atoms with van der Waals surface area (Å²) in [4.78, 5) is 7.33. The second-order valence-electron chi connectivity index (χ2n) is 8.38. The van der Waals surface area contributed by atoms with Crippen LogP contribution in [0.15, 0.2) is 78.2 Å². The second-order valence-corrected chi connectivity index (χ2v) is 9.22. The van der Waals surface area contributed by atoms with Crippen molar-refractivity contribution in [1.82, 2.24) is 4.98 Å². The number of anilines is 1. The van der Waals surface area contributed by atoms with Gasteiger partial charge in [-0.05, 0) is 72.4 Å². The molecule has 3 aromatic carbocycles. The van der Waals surface area contributed by atoms with Gasteiger partial charge in [-0.3, -0.25) is 0 Å². The summed E-state index contributed by atoms with van der Waals surface area (Å²) < 4.78 is 16.1. The van der Waals surface area contributed by atoms with Crippen LogP contribution in [0.5, 0.6) is 17.2 Å². The van der Waals surface area contributed by atoms with Gasteiger partial charge in [0.25, 0.3) is 0 Å². The molecule has 0 amide bonds. The topological polar surface area (TPSA) is 43.8 Å². The summed E-state index contributed by atoms with van der Waals surface area (Å²) >= 11 is 1.70. The lowest BCUT2D eigenvalue weighted by Crippen LogP contribution is -2.22. The zero-order valence-electron chi connectivity index (χ0n) is 20.6. The molecule has 0 radical (unpaired) electrons. The largest absolute Gasteiger partial charge is 0.497 e. The predicted octanol–water partition coefficient (Wildman–Crippen LogP) is 6.55. The van der Waals surface area contributed by atoms with E-state index in [0.717, 1.165) is 60.4 Å². The molecule has 0 saturated carbocycles. The molecule has 1 heterocycles. The Hall–Kier alpha value is -3.51. The maximum atomic E-state index is 5.43. The molecule has 5 nitrogen and oxygen atoms in total. The van der Waals surface area contributed by atoms with E-state index in [1.54, 1.807) is 32.7 Å². The number of thiazole rings is 1. The summed E-state index contributed by atoms with van der Waals surface area (Å²) in [7, 11) is 5.10. The van der Waals surface area contributed by atoms with Gasteiger partial charge in [0, 0.05) is 18.5 Å². The van der Waals surface area contributed by atoms with Crippen molar-refractivity contribution in [3.05, 3.63) is 101 Å². The Balaban J connectivity index is 1.46. The molecule has 0 atom stereocenters. The summed E-state index contributed by atoms with van der Waals surface area (Å²) in [5.41, 5.74) is 4.82. The third kappa shape index (κ3) is 6.99. The van der Waals surface area contributed by atoms with Crippen LogP contribution in [-0.4, -0.2) is 26.3 Å². The SMILES string of the molecule is COc1ccc(CCCc2csc(N(Cc3cccc(OC)c3)Cc3cccc(OC)c3)n2)cc1. The number of methoxy groups -OCH3 is 3. The highest BCUT2D eigenvalue weighted by Crippen LogP contribution is 2.27. The molecular formula is C29H32N2O3S. The first-order valence-electron chi connectivity index (χ1n) is 11.7. The Morgan fingerprint density at radius 3 is 1.86 bits per heavy atom. The molecule has 4 aromatic rings. The highest BCUT2D eigenvalue weighted by Gasteiger charge is 2.14. The van der Waals surface area contributed by atoms with Gasteiger partial charge in [0.1, 0.15) is 17.2 Å². The molecule has 0 aliphatic heterocycles. The zero-order chi connectivity index (χ0) is 24.5. The third-order valence-corrected chi connectivity index (χ3v) is 6.83. The highest BCUT2D eigenvalue weighted by atomic mass is 32.1. The first-order valence-corrected chi connectivity index (χ1v) is 12.6. The minimum Gasteiger partial charge on any atom is -0.497 e. The van der Waals surface area contributed by atoms with Crippen LogP contribution in [0.4, 0.5) is 5.13 Å². The van der Waals surface area contributed by atoms with Gasteiger partial charge >= 0.3 is 0 Å². The van der Waals surface area contributed by atoms with Crippen molar-refractivity contribution >= 4 is 16.5 Å². The summed E-state index contributed by atoms with van der Waals surface area (Å²) in [6.45, 7) is 1.49. The van der Waals surface area contributed by atoms with Crippen LogP contribution in [0.1, 0.15) is 28.8 Å². The molecule has 0 unspecified atom stereocenters. The summed E-state index contributed by atoms with van der Waals surface area (Å²) in [5.74, 6) is 2.62. The average Bonchev–Trinajstić information content (AvgIpc) is 3.38. The van der Waals surface area contributed by atoms with Gasteiger partial charge in [-0.2, -0.15) is 0 Å². The molecule has 4 rings (SSSR count). The normalized spacial score (nSPS) is 10.7. The lowest BCUT2D eigenvalue weighted by atomic mass is 10.1. The van der Waals surface area contributed by atoms with Crippen LogP contribution < -0.4 is 19.1 Å². The van der Waals surface area contributed by atoms with Gasteiger partial charge < -0.3 is 19.1 Å². The number of aryl methyl sites for hydroxylation is 2. The molecule has 0 N–H and O–H groups in total. The predicted molar refractivity (Wildman–Crippen MR) is 143 cm³/mol. The number of aromatic nitrogens is 1. The molecule has 0 saturated heterocycles. The molecule has 0 aliphatic rings. The lowest BCUT2D eigenvalue weighted by Gasteiger charge is -2.23. The van der Waals surface area contributed by atoms with Crippen LogP contribution in [0.25, 0.3) is 0 Å². The van der Waals surface area contributed by atoms with E-state index in [1.165, 1.54) is 16.7 Å². The fraction of sp³-hybridized carbons (Fsp3) is 0.276. The second kappa shape index (κ2) is 12.3. The van der Waals surface area contributed by atoms with Gasteiger partial charge in [0.05, 0.1) is 27.0 Å². The number of rotatable bonds is 12. The van der Waals surface area contributed by atoms with Crippen molar-refractivity contribution < 1.29 is 14.2 Å². The minimum absolute atomic E-state index is 0.743. The zero-order valence-corrected chi connectivity index (χ0v) is 21.4. The molecular weight excluding hydrogens is 456 g/mol. The first-order chi connectivity index (χ1) is 17.2. The van der Waals surface area contributed by atoms with E-state index in [1.807, 2.05) is 36.4 Å². The molecule has 0 fully saturated rings. The smallest absolute Gasteiger partial charge is 0.186 e. The van der Waals surface area contributed by atoms with E-state index in [9.17, 15) is 0 Å². The van der Waals surface area contributed by atoms with E-state index in [-0.39, 0.29) is 0 Å². The van der Waals surface area contributed by atoms with Crippen molar-refractivity contribution in [3.8, 4) is 17.2 Å². The van der Waals surface area contributed by atoms with Crippen molar-refractivity contribution in [1.29, 1.82) is 0 Å². The minimum atomic E-state index is 0.743. The molecule has 6 heteroatoms. The van der Waals surface area contributed by atoms with E-state index in [0.29, 0.717) is 0 Å². The molecule has 182 valence electrons. The van der Waals surface area contributed by atoms with E-state index >= 15 is 0 Å². The Morgan fingerprint density at radius 2 is 1.29 bits per heavy atom. The molecule has 0 bridgehead atoms. The Bertz CT molecular complexity index is 1160. The van der Waals surface area contributed by atoms with Crippen molar-refractivity contribution in [2.45, 2.75) is 32.4 Å². The molecule has 0 aliphatic carbocycles. The summed E-state index contributed by atoms with van der Waals surface area (Å²) in [6.07, 6.45) is 3.03. The molecule has 1 aromatic heterocycles. The Labute approximate surface area is 211 Å². The Kier molecular flexibility index (Phi) is 8.63. The van der Waals surface area contributed by atoms with Crippen LogP contribution in [0.3, 0.4) is 0 Å².